The summed E-state index contributed by atoms with van der Waals surface area (Å²) in [5, 5.41) is 0. The van der Waals surface area contributed by atoms with E-state index in [-0.39, 0.29) is 11.2 Å². The van der Waals surface area contributed by atoms with Crippen LogP contribution in [0.2, 0.25) is 0 Å². The third-order valence-electron chi connectivity index (χ3n) is 1.67. The zero-order valence-electron chi connectivity index (χ0n) is 8.29. The molecular weight excluding hydrogens is 277 g/mol. The second-order valence-electron chi connectivity index (χ2n) is 2.90. The fourth-order valence-corrected chi connectivity index (χ4v) is 1.31. The lowest BCUT2D eigenvalue weighted by atomic mass is 10.5. The molecule has 0 saturated carbocycles. The molecule has 0 unspecified atom stereocenters. The molecule has 7 nitrogen and oxygen atoms in total. The van der Waals surface area contributed by atoms with Crippen molar-refractivity contribution >= 4 is 21.3 Å². The second kappa shape index (κ2) is 4.01. The van der Waals surface area contributed by atoms with Gasteiger partial charge in [-0.05, 0) is 0 Å². The van der Waals surface area contributed by atoms with Crippen LogP contribution < -0.4 is 4.18 Å². The molecule has 96 valence electrons. The minimum atomic E-state index is -5.79. The first-order chi connectivity index (χ1) is 8.29. The number of rotatable bonds is 2. The molecule has 0 spiro atoms. The van der Waals surface area contributed by atoms with Crippen LogP contribution in [0.1, 0.15) is 0 Å². The highest BCUT2D eigenvalue weighted by molar-refractivity contribution is 7.87. The number of nitrogens with zero attached hydrogens (tertiary/aromatic N) is 4. The average molecular weight is 280 g/mol. The van der Waals surface area contributed by atoms with Gasteiger partial charge in [0.1, 0.15) is 5.52 Å². The van der Waals surface area contributed by atoms with E-state index < -0.39 is 21.6 Å². The minimum Gasteiger partial charge on any atom is -0.337 e. The van der Waals surface area contributed by atoms with E-state index in [0.29, 0.717) is 0 Å². The number of hydrogen-bond acceptors (Lipinski definition) is 7. The van der Waals surface area contributed by atoms with Crippen molar-refractivity contribution in [3.63, 3.8) is 0 Å². The summed E-state index contributed by atoms with van der Waals surface area (Å²) in [4.78, 5) is 14.1. The number of fused-ring (bicyclic) bond motifs is 1. The Morgan fingerprint density at radius 2 is 1.78 bits per heavy atom. The Labute approximate surface area is 97.8 Å². The van der Waals surface area contributed by atoms with Crippen molar-refractivity contribution < 1.29 is 25.8 Å². The van der Waals surface area contributed by atoms with Gasteiger partial charge < -0.3 is 4.18 Å². The molecule has 0 aliphatic heterocycles. The van der Waals surface area contributed by atoms with Crippen molar-refractivity contribution in [3.05, 3.63) is 18.6 Å². The summed E-state index contributed by atoms with van der Waals surface area (Å²) in [6.07, 6.45) is 3.55. The van der Waals surface area contributed by atoms with Gasteiger partial charge in [-0.3, -0.25) is 0 Å². The van der Waals surface area contributed by atoms with Crippen LogP contribution in [0.4, 0.5) is 13.2 Å². The third kappa shape index (κ3) is 2.30. The first-order valence-corrected chi connectivity index (χ1v) is 5.65. The summed E-state index contributed by atoms with van der Waals surface area (Å²) < 4.78 is 61.2. The van der Waals surface area contributed by atoms with E-state index in [0.717, 1.165) is 6.20 Å². The fourth-order valence-electron chi connectivity index (χ4n) is 0.940. The highest BCUT2D eigenvalue weighted by atomic mass is 32.2. The maximum Gasteiger partial charge on any atom is 0.534 e. The fraction of sp³-hybridized carbons (Fsp3) is 0.143. The molecule has 0 amide bonds. The smallest absolute Gasteiger partial charge is 0.337 e. The van der Waals surface area contributed by atoms with Crippen LogP contribution in [0.3, 0.4) is 0 Å². The van der Waals surface area contributed by atoms with E-state index in [1.54, 1.807) is 0 Å². The SMILES string of the molecule is O=S(=O)(Oc1ncc2nccnc2n1)C(F)(F)F. The number of aromatic nitrogens is 4. The predicted octanol–water partition coefficient (Wildman–Crippen LogP) is 0.648. The normalized spacial score (nSPS) is 12.6. The zero-order valence-corrected chi connectivity index (χ0v) is 9.10. The van der Waals surface area contributed by atoms with Gasteiger partial charge in [-0.15, -0.1) is 0 Å². The van der Waals surface area contributed by atoms with Crippen molar-refractivity contribution in [2.45, 2.75) is 5.51 Å². The predicted molar refractivity (Wildman–Crippen MR) is 50.7 cm³/mol. The summed E-state index contributed by atoms with van der Waals surface area (Å²) in [6, 6.07) is -0.972. The quantitative estimate of drug-likeness (QED) is 0.588. The van der Waals surface area contributed by atoms with Gasteiger partial charge in [-0.1, -0.05) is 0 Å². The van der Waals surface area contributed by atoms with Crippen LogP contribution in [0.5, 0.6) is 6.01 Å². The lowest BCUT2D eigenvalue weighted by Crippen LogP contribution is -2.28. The minimum absolute atomic E-state index is 0.0834. The number of hydrogen-bond donors (Lipinski definition) is 0. The molecule has 2 aromatic rings. The molecule has 0 fully saturated rings. The maximum absolute atomic E-state index is 12.0. The summed E-state index contributed by atoms with van der Waals surface area (Å²) >= 11 is 0. The Morgan fingerprint density at radius 1 is 1.11 bits per heavy atom. The van der Waals surface area contributed by atoms with E-state index in [4.69, 9.17) is 0 Å². The highest BCUT2D eigenvalue weighted by Gasteiger charge is 2.49. The van der Waals surface area contributed by atoms with Crippen molar-refractivity contribution in [1.29, 1.82) is 0 Å². The molecule has 0 atom stereocenters. The Bertz CT molecular complexity index is 688. The molecule has 0 aliphatic carbocycles. The van der Waals surface area contributed by atoms with Gasteiger partial charge in [0.2, 0.25) is 0 Å². The molecular formula is C7H3F3N4O3S. The van der Waals surface area contributed by atoms with Crippen LogP contribution in [-0.2, 0) is 10.1 Å². The first kappa shape index (κ1) is 12.4. The average Bonchev–Trinajstić information content (AvgIpc) is 2.27. The van der Waals surface area contributed by atoms with Crippen LogP contribution in [0.25, 0.3) is 11.2 Å². The molecule has 0 radical (unpaired) electrons. The third-order valence-corrected chi connectivity index (χ3v) is 2.61. The molecule has 2 rings (SSSR count). The van der Waals surface area contributed by atoms with Gasteiger partial charge in [0.15, 0.2) is 5.65 Å². The monoisotopic (exact) mass is 280 g/mol. The molecule has 0 aromatic carbocycles. The molecule has 0 bridgehead atoms. The van der Waals surface area contributed by atoms with Gasteiger partial charge in [0.05, 0.1) is 6.20 Å². The van der Waals surface area contributed by atoms with E-state index in [9.17, 15) is 21.6 Å². The zero-order chi connectivity index (χ0) is 13.4. The number of alkyl halides is 3. The molecule has 2 heterocycles. The molecule has 0 N–H and O–H groups in total. The van der Waals surface area contributed by atoms with E-state index >= 15 is 0 Å². The van der Waals surface area contributed by atoms with Crippen molar-refractivity contribution in [3.8, 4) is 6.01 Å². The van der Waals surface area contributed by atoms with Gasteiger partial charge in [-0.25, -0.2) is 15.0 Å². The first-order valence-electron chi connectivity index (χ1n) is 4.24. The summed E-state index contributed by atoms with van der Waals surface area (Å²) in [6.45, 7) is 0. The molecule has 0 aliphatic rings. The van der Waals surface area contributed by atoms with E-state index in [1.807, 2.05) is 0 Å². The second-order valence-corrected chi connectivity index (χ2v) is 4.44. The van der Waals surface area contributed by atoms with E-state index in [1.165, 1.54) is 12.4 Å². The van der Waals surface area contributed by atoms with Crippen LogP contribution >= 0.6 is 0 Å². The van der Waals surface area contributed by atoms with Crippen molar-refractivity contribution in [2.75, 3.05) is 0 Å². The Balaban J connectivity index is 2.39. The topological polar surface area (TPSA) is 94.9 Å². The summed E-state index contributed by atoms with van der Waals surface area (Å²) in [5.74, 6) is 0. The van der Waals surface area contributed by atoms with Crippen LogP contribution in [0, 0.1) is 0 Å². The summed E-state index contributed by atoms with van der Waals surface area (Å²) in [7, 11) is -5.79. The van der Waals surface area contributed by atoms with Gasteiger partial charge >= 0.3 is 21.6 Å². The molecule has 2 aromatic heterocycles. The lowest BCUT2D eigenvalue weighted by molar-refractivity contribution is -0.0502. The summed E-state index contributed by atoms with van der Waals surface area (Å²) in [5.41, 5.74) is -5.44. The van der Waals surface area contributed by atoms with Crippen LogP contribution in [0.15, 0.2) is 18.6 Å². The van der Waals surface area contributed by atoms with Gasteiger partial charge in [-0.2, -0.15) is 26.6 Å². The Morgan fingerprint density at radius 3 is 2.44 bits per heavy atom. The highest BCUT2D eigenvalue weighted by Crippen LogP contribution is 2.25. The molecule has 18 heavy (non-hydrogen) atoms. The molecule has 0 saturated heterocycles. The van der Waals surface area contributed by atoms with Crippen molar-refractivity contribution in [2.24, 2.45) is 0 Å². The largest absolute Gasteiger partial charge is 0.534 e. The number of halogens is 3. The Hall–Kier alpha value is -2.04. The van der Waals surface area contributed by atoms with Gasteiger partial charge in [0.25, 0.3) is 0 Å². The Kier molecular flexibility index (Phi) is 2.77. The van der Waals surface area contributed by atoms with Gasteiger partial charge in [0, 0.05) is 12.4 Å². The van der Waals surface area contributed by atoms with Crippen LogP contribution in [-0.4, -0.2) is 33.9 Å². The molecule has 11 heteroatoms. The van der Waals surface area contributed by atoms with Crippen molar-refractivity contribution in [1.82, 2.24) is 19.9 Å². The maximum atomic E-state index is 12.0. The standard InChI is InChI=1S/C7H3F3N4O3S/c8-7(9,10)18(15,16)17-6-13-3-4-5(14-6)12-2-1-11-4/h1-3H. The lowest BCUT2D eigenvalue weighted by Gasteiger charge is -2.07. The van der Waals surface area contributed by atoms with E-state index in [2.05, 4.69) is 24.1 Å².